The number of hydrogen-bond donors (Lipinski definition) is 2. The molecular formula is C12H23BO4. The first kappa shape index (κ1) is 14.7. The summed E-state index contributed by atoms with van der Waals surface area (Å²) in [5.41, 5.74) is 0. The Hall–Kier alpha value is -0.355. The highest BCUT2D eigenvalue weighted by molar-refractivity contribution is 6.47. The predicted molar refractivity (Wildman–Crippen MR) is 67.3 cm³/mol. The van der Waals surface area contributed by atoms with Crippen LogP contribution >= 0.6 is 0 Å². The van der Waals surface area contributed by atoms with E-state index in [1.807, 2.05) is 0 Å². The van der Waals surface area contributed by atoms with Crippen molar-refractivity contribution in [2.24, 2.45) is 0 Å². The van der Waals surface area contributed by atoms with Crippen molar-refractivity contribution in [1.29, 1.82) is 0 Å². The Kier molecular flexibility index (Phi) is 7.52. The summed E-state index contributed by atoms with van der Waals surface area (Å²) in [6.07, 6.45) is 8.09. The van der Waals surface area contributed by atoms with Gasteiger partial charge < -0.3 is 19.5 Å². The van der Waals surface area contributed by atoms with Gasteiger partial charge in [-0.25, -0.2) is 0 Å². The number of allylic oxidation sites excluding steroid dienone is 1. The molecule has 4 nitrogen and oxygen atoms in total. The molecule has 0 aromatic rings. The van der Waals surface area contributed by atoms with Crippen molar-refractivity contribution < 1.29 is 19.5 Å². The lowest BCUT2D eigenvalue weighted by Gasteiger charge is -2.26. The summed E-state index contributed by atoms with van der Waals surface area (Å²) in [6.45, 7) is 2.87. The molecule has 17 heavy (non-hydrogen) atoms. The molecule has 0 bridgehead atoms. The van der Waals surface area contributed by atoms with E-state index in [4.69, 9.17) is 19.5 Å². The Morgan fingerprint density at radius 2 is 2.29 bits per heavy atom. The summed E-state index contributed by atoms with van der Waals surface area (Å²) in [5, 5.41) is 17.2. The van der Waals surface area contributed by atoms with Crippen LogP contribution < -0.4 is 0 Å². The van der Waals surface area contributed by atoms with Crippen LogP contribution in [0.1, 0.15) is 45.4 Å². The quantitative estimate of drug-likeness (QED) is 0.526. The molecule has 1 aliphatic rings. The van der Waals surface area contributed by atoms with Gasteiger partial charge >= 0.3 is 7.12 Å². The molecule has 0 aliphatic carbocycles. The van der Waals surface area contributed by atoms with Gasteiger partial charge in [0, 0.05) is 6.61 Å². The zero-order chi connectivity index (χ0) is 12.5. The van der Waals surface area contributed by atoms with Crippen LogP contribution in [0.4, 0.5) is 0 Å². The van der Waals surface area contributed by atoms with Crippen molar-refractivity contribution in [3.8, 4) is 0 Å². The molecule has 1 heterocycles. The number of rotatable bonds is 7. The van der Waals surface area contributed by atoms with Crippen molar-refractivity contribution in [3.05, 3.63) is 12.1 Å². The zero-order valence-electron chi connectivity index (χ0n) is 10.5. The van der Waals surface area contributed by atoms with E-state index in [-0.39, 0.29) is 12.4 Å². The summed E-state index contributed by atoms with van der Waals surface area (Å²) in [6, 6.07) is 0. The van der Waals surface area contributed by atoms with Gasteiger partial charge in [-0.15, -0.1) is 0 Å². The van der Waals surface area contributed by atoms with Crippen LogP contribution in [0.3, 0.4) is 0 Å². The highest BCUT2D eigenvalue weighted by Crippen LogP contribution is 2.17. The van der Waals surface area contributed by atoms with Crippen LogP contribution in [-0.4, -0.2) is 36.2 Å². The van der Waals surface area contributed by atoms with Crippen molar-refractivity contribution >= 4 is 7.12 Å². The van der Waals surface area contributed by atoms with E-state index in [2.05, 4.69) is 6.92 Å². The molecule has 2 N–H and O–H groups in total. The summed E-state index contributed by atoms with van der Waals surface area (Å²) < 4.78 is 11.3. The van der Waals surface area contributed by atoms with Crippen LogP contribution in [0.2, 0.25) is 0 Å². The SMILES string of the molecule is CC(CCC/C=C/B(O)O)OC1CCCCO1. The molecule has 0 aromatic heterocycles. The third-order valence-corrected chi connectivity index (χ3v) is 2.81. The molecule has 2 atom stereocenters. The fourth-order valence-electron chi connectivity index (χ4n) is 1.89. The maximum Gasteiger partial charge on any atom is 0.480 e. The fraction of sp³-hybridized carbons (Fsp3) is 0.833. The minimum absolute atomic E-state index is 0.0199. The molecule has 0 aromatic carbocycles. The van der Waals surface area contributed by atoms with E-state index in [1.54, 1.807) is 6.08 Å². The molecule has 1 rings (SSSR count). The molecule has 1 saturated heterocycles. The number of ether oxygens (including phenoxy) is 2. The van der Waals surface area contributed by atoms with Gasteiger partial charge in [0.15, 0.2) is 6.29 Å². The van der Waals surface area contributed by atoms with Gasteiger partial charge in [-0.05, 0) is 45.4 Å². The average molecular weight is 242 g/mol. The highest BCUT2D eigenvalue weighted by Gasteiger charge is 2.16. The van der Waals surface area contributed by atoms with Crippen molar-refractivity contribution in [2.75, 3.05) is 6.61 Å². The van der Waals surface area contributed by atoms with Gasteiger partial charge in [0.2, 0.25) is 0 Å². The minimum atomic E-state index is -1.33. The summed E-state index contributed by atoms with van der Waals surface area (Å²) >= 11 is 0. The smallest absolute Gasteiger partial charge is 0.424 e. The molecule has 5 heteroatoms. The van der Waals surface area contributed by atoms with Gasteiger partial charge in [0.25, 0.3) is 0 Å². The van der Waals surface area contributed by atoms with Crippen molar-refractivity contribution in [3.63, 3.8) is 0 Å². The van der Waals surface area contributed by atoms with Crippen LogP contribution in [0.25, 0.3) is 0 Å². The van der Waals surface area contributed by atoms with Crippen molar-refractivity contribution in [1.82, 2.24) is 0 Å². The monoisotopic (exact) mass is 242 g/mol. The Balaban J connectivity index is 2.02. The summed E-state index contributed by atoms with van der Waals surface area (Å²) in [5.74, 6) is 1.38. The van der Waals surface area contributed by atoms with E-state index >= 15 is 0 Å². The first-order chi connectivity index (χ1) is 8.18. The lowest BCUT2D eigenvalue weighted by molar-refractivity contribution is -0.185. The molecule has 1 fully saturated rings. The fourth-order valence-corrected chi connectivity index (χ4v) is 1.89. The second-order valence-electron chi connectivity index (χ2n) is 4.52. The van der Waals surface area contributed by atoms with Crippen LogP contribution in [-0.2, 0) is 9.47 Å². The zero-order valence-corrected chi connectivity index (χ0v) is 10.5. The van der Waals surface area contributed by atoms with E-state index in [9.17, 15) is 0 Å². The molecule has 2 unspecified atom stereocenters. The van der Waals surface area contributed by atoms with E-state index < -0.39 is 7.12 Å². The predicted octanol–water partition coefficient (Wildman–Crippen LogP) is 1.66. The molecular weight excluding hydrogens is 219 g/mol. The van der Waals surface area contributed by atoms with E-state index in [1.165, 1.54) is 12.4 Å². The second kappa shape index (κ2) is 8.69. The van der Waals surface area contributed by atoms with E-state index in [0.717, 1.165) is 38.7 Å². The third-order valence-electron chi connectivity index (χ3n) is 2.81. The Labute approximate surface area is 104 Å². The lowest BCUT2D eigenvalue weighted by atomic mass is 9.91. The lowest BCUT2D eigenvalue weighted by Crippen LogP contribution is -2.26. The van der Waals surface area contributed by atoms with Gasteiger partial charge in [-0.1, -0.05) is 12.1 Å². The maximum absolute atomic E-state index is 8.60. The van der Waals surface area contributed by atoms with Gasteiger partial charge in [-0.3, -0.25) is 0 Å². The molecule has 0 spiro atoms. The first-order valence-corrected chi connectivity index (χ1v) is 6.48. The standard InChI is InChI=1S/C12H23BO4/c1-11(7-3-2-5-9-13(14)15)17-12-8-4-6-10-16-12/h5,9,11-12,14-15H,2-4,6-8,10H2,1H3/b9-5+. The number of unbranched alkanes of at least 4 members (excludes halogenated alkanes) is 1. The topological polar surface area (TPSA) is 58.9 Å². The second-order valence-corrected chi connectivity index (χ2v) is 4.52. The van der Waals surface area contributed by atoms with Crippen LogP contribution in [0, 0.1) is 0 Å². The van der Waals surface area contributed by atoms with E-state index in [0.29, 0.717) is 0 Å². The third kappa shape index (κ3) is 7.55. The molecule has 0 saturated carbocycles. The molecule has 0 radical (unpaired) electrons. The largest absolute Gasteiger partial charge is 0.480 e. The highest BCUT2D eigenvalue weighted by atomic mass is 16.7. The average Bonchev–Trinajstić information content (AvgIpc) is 2.29. The minimum Gasteiger partial charge on any atom is -0.424 e. The summed E-state index contributed by atoms with van der Waals surface area (Å²) in [7, 11) is -1.33. The molecule has 0 amide bonds. The molecule has 98 valence electrons. The van der Waals surface area contributed by atoms with Gasteiger partial charge in [-0.2, -0.15) is 0 Å². The maximum atomic E-state index is 8.60. The Morgan fingerprint density at radius 3 is 2.94 bits per heavy atom. The van der Waals surface area contributed by atoms with Gasteiger partial charge in [0.1, 0.15) is 0 Å². The van der Waals surface area contributed by atoms with Crippen LogP contribution in [0.15, 0.2) is 12.1 Å². The Bertz CT molecular complexity index is 215. The Morgan fingerprint density at radius 1 is 1.47 bits per heavy atom. The summed E-state index contributed by atoms with van der Waals surface area (Å²) in [4.78, 5) is 0. The first-order valence-electron chi connectivity index (χ1n) is 6.48. The number of hydrogen-bond acceptors (Lipinski definition) is 4. The normalized spacial score (nSPS) is 22.9. The molecule has 1 aliphatic heterocycles. The van der Waals surface area contributed by atoms with Crippen LogP contribution in [0.5, 0.6) is 0 Å². The van der Waals surface area contributed by atoms with Gasteiger partial charge in [0.05, 0.1) is 6.10 Å². The van der Waals surface area contributed by atoms with Crippen molar-refractivity contribution in [2.45, 2.75) is 57.8 Å².